The van der Waals surface area contributed by atoms with Gasteiger partial charge in [0.25, 0.3) is 0 Å². The summed E-state index contributed by atoms with van der Waals surface area (Å²) in [6.07, 6.45) is 13.3. The maximum atomic E-state index is 12.5. The van der Waals surface area contributed by atoms with Gasteiger partial charge in [0.15, 0.2) is 0 Å². The molecule has 1 unspecified atom stereocenters. The van der Waals surface area contributed by atoms with Gasteiger partial charge in [-0.1, -0.05) is 69.9 Å². The van der Waals surface area contributed by atoms with Gasteiger partial charge in [-0.05, 0) is 79.0 Å². The van der Waals surface area contributed by atoms with E-state index in [1.54, 1.807) is 0 Å². The zero-order valence-electron chi connectivity index (χ0n) is 18.0. The van der Waals surface area contributed by atoms with Crippen molar-refractivity contribution < 1.29 is 9.53 Å². The Bertz CT molecular complexity index is 799. The molecule has 3 rings (SSSR count). The molecule has 2 aromatic rings. The number of benzene rings is 2. The Morgan fingerprint density at radius 2 is 1.72 bits per heavy atom. The van der Waals surface area contributed by atoms with E-state index in [4.69, 9.17) is 4.74 Å². The second-order valence-corrected chi connectivity index (χ2v) is 8.23. The Labute approximate surface area is 176 Å². The van der Waals surface area contributed by atoms with E-state index in [0.717, 1.165) is 18.8 Å². The molecule has 0 radical (unpaired) electrons. The first-order valence-electron chi connectivity index (χ1n) is 11.3. The van der Waals surface area contributed by atoms with Gasteiger partial charge in [-0.2, -0.15) is 0 Å². The predicted octanol–water partition coefficient (Wildman–Crippen LogP) is 7.62. The molecule has 0 spiro atoms. The summed E-state index contributed by atoms with van der Waals surface area (Å²) in [4.78, 5) is 12.5. The molecule has 0 N–H and O–H groups in total. The molecule has 0 fully saturated rings. The van der Waals surface area contributed by atoms with Crippen molar-refractivity contribution in [3.63, 3.8) is 0 Å². The lowest BCUT2D eigenvalue weighted by atomic mass is 9.84. The number of aryl methyl sites for hydroxylation is 1. The third-order valence-electron chi connectivity index (χ3n) is 5.91. The molecular formula is C27H34O2. The van der Waals surface area contributed by atoms with Crippen LogP contribution in [0.1, 0.15) is 86.7 Å². The van der Waals surface area contributed by atoms with Crippen molar-refractivity contribution in [2.45, 2.75) is 71.6 Å². The highest BCUT2D eigenvalue weighted by Gasteiger charge is 2.15. The molecule has 0 saturated carbocycles. The van der Waals surface area contributed by atoms with Gasteiger partial charge in [0, 0.05) is 0 Å². The zero-order chi connectivity index (χ0) is 20.5. The van der Waals surface area contributed by atoms with Crippen LogP contribution in [0.5, 0.6) is 5.75 Å². The predicted molar refractivity (Wildman–Crippen MR) is 121 cm³/mol. The summed E-state index contributed by atoms with van der Waals surface area (Å²) < 4.78 is 5.55. The number of hydrogen-bond donors (Lipinski definition) is 0. The molecule has 1 atom stereocenters. The summed E-state index contributed by atoms with van der Waals surface area (Å²) in [5, 5.41) is 0. The van der Waals surface area contributed by atoms with Crippen LogP contribution in [0.15, 0.2) is 54.6 Å². The lowest BCUT2D eigenvalue weighted by molar-refractivity contribution is 0.0734. The topological polar surface area (TPSA) is 26.3 Å². The SMILES string of the molecule is CCCCCc1ccc(OC(=O)c2ccc(C3=CCC(CCC)CC3)cc2)cc1. The lowest BCUT2D eigenvalue weighted by Gasteiger charge is -2.21. The fraction of sp³-hybridized carbons (Fsp3) is 0.444. The minimum atomic E-state index is -0.295. The first kappa shape index (κ1) is 21.4. The third kappa shape index (κ3) is 6.32. The van der Waals surface area contributed by atoms with Crippen LogP contribution < -0.4 is 4.74 Å². The monoisotopic (exact) mass is 390 g/mol. The number of unbranched alkanes of at least 4 members (excludes halogenated alkanes) is 2. The molecule has 0 amide bonds. The summed E-state index contributed by atoms with van der Waals surface area (Å²) in [6.45, 7) is 4.48. The number of carbonyl (C=O) groups is 1. The summed E-state index contributed by atoms with van der Waals surface area (Å²) >= 11 is 0. The van der Waals surface area contributed by atoms with Gasteiger partial charge in [0.1, 0.15) is 5.75 Å². The van der Waals surface area contributed by atoms with E-state index >= 15 is 0 Å². The van der Waals surface area contributed by atoms with Gasteiger partial charge in [0.05, 0.1) is 5.56 Å². The van der Waals surface area contributed by atoms with Crippen molar-refractivity contribution in [3.8, 4) is 5.75 Å². The lowest BCUT2D eigenvalue weighted by Crippen LogP contribution is -2.09. The smallest absolute Gasteiger partial charge is 0.343 e. The van der Waals surface area contributed by atoms with E-state index in [-0.39, 0.29) is 5.97 Å². The molecular weight excluding hydrogens is 356 g/mol. The Morgan fingerprint density at radius 1 is 0.966 bits per heavy atom. The number of hydrogen-bond acceptors (Lipinski definition) is 2. The summed E-state index contributed by atoms with van der Waals surface area (Å²) in [7, 11) is 0. The van der Waals surface area contributed by atoms with Gasteiger partial charge in [-0.25, -0.2) is 4.79 Å². The average molecular weight is 391 g/mol. The van der Waals surface area contributed by atoms with Gasteiger partial charge < -0.3 is 4.74 Å². The van der Waals surface area contributed by atoms with Crippen molar-refractivity contribution in [2.24, 2.45) is 5.92 Å². The highest BCUT2D eigenvalue weighted by molar-refractivity contribution is 5.91. The highest BCUT2D eigenvalue weighted by Crippen LogP contribution is 2.32. The third-order valence-corrected chi connectivity index (χ3v) is 5.91. The van der Waals surface area contributed by atoms with Gasteiger partial charge in [0.2, 0.25) is 0 Å². The van der Waals surface area contributed by atoms with Crippen LogP contribution >= 0.6 is 0 Å². The Balaban J connectivity index is 1.55. The van der Waals surface area contributed by atoms with Crippen molar-refractivity contribution in [2.75, 3.05) is 0 Å². The van der Waals surface area contributed by atoms with Crippen molar-refractivity contribution in [1.82, 2.24) is 0 Å². The quantitative estimate of drug-likeness (QED) is 0.250. The average Bonchev–Trinajstić information content (AvgIpc) is 2.76. The van der Waals surface area contributed by atoms with Crippen LogP contribution in [0.3, 0.4) is 0 Å². The highest BCUT2D eigenvalue weighted by atomic mass is 16.5. The molecule has 0 saturated heterocycles. The van der Waals surface area contributed by atoms with Gasteiger partial charge in [-0.15, -0.1) is 0 Å². The number of carbonyl (C=O) groups excluding carboxylic acids is 1. The Hall–Kier alpha value is -2.35. The molecule has 0 aliphatic heterocycles. The molecule has 0 aromatic heterocycles. The first-order valence-corrected chi connectivity index (χ1v) is 11.3. The molecule has 2 heteroatoms. The van der Waals surface area contributed by atoms with Crippen molar-refractivity contribution in [3.05, 3.63) is 71.3 Å². The first-order chi connectivity index (χ1) is 14.2. The summed E-state index contributed by atoms with van der Waals surface area (Å²) in [5.74, 6) is 1.15. The van der Waals surface area contributed by atoms with Crippen LogP contribution in [0, 0.1) is 5.92 Å². The zero-order valence-corrected chi connectivity index (χ0v) is 18.0. The molecule has 1 aliphatic carbocycles. The van der Waals surface area contributed by atoms with Crippen LogP contribution in [-0.4, -0.2) is 5.97 Å². The minimum Gasteiger partial charge on any atom is -0.423 e. The molecule has 0 heterocycles. The van der Waals surface area contributed by atoms with E-state index < -0.39 is 0 Å². The Morgan fingerprint density at radius 3 is 2.34 bits per heavy atom. The van der Waals surface area contributed by atoms with Crippen LogP contribution in [-0.2, 0) is 6.42 Å². The second kappa shape index (κ2) is 11.0. The molecule has 154 valence electrons. The summed E-state index contributed by atoms with van der Waals surface area (Å²) in [6, 6.07) is 15.8. The number of rotatable bonds is 9. The van der Waals surface area contributed by atoms with E-state index in [2.05, 4.69) is 44.2 Å². The number of ether oxygens (including phenoxy) is 1. The molecule has 2 aromatic carbocycles. The van der Waals surface area contributed by atoms with Crippen LogP contribution in [0.25, 0.3) is 5.57 Å². The fourth-order valence-electron chi connectivity index (χ4n) is 4.11. The van der Waals surface area contributed by atoms with Crippen molar-refractivity contribution in [1.29, 1.82) is 0 Å². The number of esters is 1. The van der Waals surface area contributed by atoms with E-state index in [1.807, 2.05) is 24.3 Å². The van der Waals surface area contributed by atoms with Crippen LogP contribution in [0.2, 0.25) is 0 Å². The molecule has 2 nitrogen and oxygen atoms in total. The van der Waals surface area contributed by atoms with E-state index in [9.17, 15) is 4.79 Å². The molecule has 0 bridgehead atoms. The van der Waals surface area contributed by atoms with Gasteiger partial charge in [-0.3, -0.25) is 0 Å². The van der Waals surface area contributed by atoms with E-state index in [0.29, 0.717) is 11.3 Å². The standard InChI is InChI=1S/C27H34O2/c1-3-5-6-8-22-11-19-26(20-12-22)29-27(28)25-17-15-24(16-18-25)23-13-9-21(7-4-2)10-14-23/h11-13,15-21H,3-10,14H2,1-2H3. The van der Waals surface area contributed by atoms with Gasteiger partial charge >= 0.3 is 5.97 Å². The number of allylic oxidation sites excluding steroid dienone is 2. The maximum Gasteiger partial charge on any atom is 0.343 e. The second-order valence-electron chi connectivity index (χ2n) is 8.23. The normalized spacial score (nSPS) is 16.3. The fourth-order valence-corrected chi connectivity index (χ4v) is 4.11. The largest absolute Gasteiger partial charge is 0.423 e. The van der Waals surface area contributed by atoms with Crippen molar-refractivity contribution >= 4 is 11.5 Å². The Kier molecular flexibility index (Phi) is 8.10. The molecule has 1 aliphatic rings. The van der Waals surface area contributed by atoms with E-state index in [1.165, 1.54) is 61.6 Å². The maximum absolute atomic E-state index is 12.5. The minimum absolute atomic E-state index is 0.295. The van der Waals surface area contributed by atoms with Crippen LogP contribution in [0.4, 0.5) is 0 Å². The summed E-state index contributed by atoms with van der Waals surface area (Å²) in [5.41, 5.74) is 4.54. The molecule has 29 heavy (non-hydrogen) atoms.